The zero-order valence-electron chi connectivity index (χ0n) is 17.6. The van der Waals surface area contributed by atoms with Gasteiger partial charge in [-0.2, -0.15) is 0 Å². The van der Waals surface area contributed by atoms with Crippen LogP contribution in [0.2, 0.25) is 5.15 Å². The van der Waals surface area contributed by atoms with Crippen molar-refractivity contribution in [2.45, 2.75) is 19.3 Å². The van der Waals surface area contributed by atoms with Crippen molar-refractivity contribution < 1.29 is 4.79 Å². The normalized spacial score (nSPS) is 13.5. The largest absolute Gasteiger partial charge is 0.356 e. The van der Waals surface area contributed by atoms with E-state index in [-0.39, 0.29) is 5.91 Å². The second kappa shape index (κ2) is 8.97. The number of carbonyl (C=O) groups is 1. The van der Waals surface area contributed by atoms with Crippen molar-refractivity contribution in [1.29, 1.82) is 0 Å². The van der Waals surface area contributed by atoms with Crippen LogP contribution in [0.3, 0.4) is 0 Å². The first-order valence-corrected chi connectivity index (χ1v) is 11.2. The summed E-state index contributed by atoms with van der Waals surface area (Å²) in [5, 5.41) is 5.60. The molecule has 0 bridgehead atoms. The molecule has 1 aromatic heterocycles. The van der Waals surface area contributed by atoms with E-state index >= 15 is 0 Å². The summed E-state index contributed by atoms with van der Waals surface area (Å²) in [5.74, 6) is 1.47. The number of fused-ring (bicyclic) bond motifs is 1. The molecule has 0 unspecified atom stereocenters. The highest BCUT2D eigenvalue weighted by molar-refractivity contribution is 6.29. The third-order valence-corrected chi connectivity index (χ3v) is 5.94. The lowest BCUT2D eigenvalue weighted by atomic mass is 10.1. The van der Waals surface area contributed by atoms with Gasteiger partial charge >= 0.3 is 0 Å². The fourth-order valence-electron chi connectivity index (χ4n) is 4.06. The maximum atomic E-state index is 12.7. The maximum absolute atomic E-state index is 12.7. The second-order valence-electron chi connectivity index (χ2n) is 8.05. The van der Waals surface area contributed by atoms with Crippen LogP contribution in [0, 0.1) is 0 Å². The van der Waals surface area contributed by atoms with Crippen molar-refractivity contribution in [1.82, 2.24) is 9.97 Å². The van der Waals surface area contributed by atoms with Gasteiger partial charge < -0.3 is 10.2 Å². The summed E-state index contributed by atoms with van der Waals surface area (Å²) in [5.41, 5.74) is 2.44. The highest BCUT2D eigenvalue weighted by Gasteiger charge is 2.15. The maximum Gasteiger partial charge on any atom is 0.255 e. The van der Waals surface area contributed by atoms with Gasteiger partial charge in [0.1, 0.15) is 16.8 Å². The van der Waals surface area contributed by atoms with E-state index in [1.54, 1.807) is 0 Å². The van der Waals surface area contributed by atoms with Gasteiger partial charge in [0, 0.05) is 36.8 Å². The van der Waals surface area contributed by atoms with E-state index in [2.05, 4.69) is 15.2 Å². The highest BCUT2D eigenvalue weighted by Crippen LogP contribution is 2.22. The summed E-state index contributed by atoms with van der Waals surface area (Å²) in [7, 11) is 0. The molecule has 1 N–H and O–H groups in total. The van der Waals surface area contributed by atoms with Gasteiger partial charge in [-0.05, 0) is 53.4 Å². The number of halogens is 1. The van der Waals surface area contributed by atoms with E-state index < -0.39 is 0 Å². The molecule has 160 valence electrons. The van der Waals surface area contributed by atoms with Gasteiger partial charge in [0.2, 0.25) is 0 Å². The summed E-state index contributed by atoms with van der Waals surface area (Å²) in [4.78, 5) is 24.0. The predicted molar refractivity (Wildman–Crippen MR) is 130 cm³/mol. The molecule has 2 heterocycles. The first-order chi connectivity index (χ1) is 15.6. The molecule has 4 aromatic rings. The van der Waals surface area contributed by atoms with Gasteiger partial charge in [-0.1, -0.05) is 54.1 Å². The molecule has 0 atom stereocenters. The molecular weight excluding hydrogens is 420 g/mol. The minimum Gasteiger partial charge on any atom is -0.356 e. The Morgan fingerprint density at radius 1 is 0.906 bits per heavy atom. The van der Waals surface area contributed by atoms with Crippen LogP contribution in [0.1, 0.15) is 34.6 Å². The number of rotatable bonds is 5. The van der Waals surface area contributed by atoms with Crippen molar-refractivity contribution in [3.05, 3.63) is 94.9 Å². The molecule has 1 aliphatic rings. The molecule has 0 saturated carbocycles. The van der Waals surface area contributed by atoms with E-state index in [9.17, 15) is 4.79 Å². The Morgan fingerprint density at radius 2 is 1.66 bits per heavy atom. The Kier molecular flexibility index (Phi) is 5.73. The highest BCUT2D eigenvalue weighted by atomic mass is 35.5. The summed E-state index contributed by atoms with van der Waals surface area (Å²) in [6.45, 7) is 2.02. The number of hydrogen-bond acceptors (Lipinski definition) is 4. The molecule has 0 spiro atoms. The quantitative estimate of drug-likeness (QED) is 0.401. The Hall–Kier alpha value is -3.44. The lowest BCUT2D eigenvalue weighted by molar-refractivity contribution is 0.102. The van der Waals surface area contributed by atoms with Crippen LogP contribution in [0.15, 0.2) is 72.8 Å². The summed E-state index contributed by atoms with van der Waals surface area (Å²) in [6.07, 6.45) is 2.95. The Bertz CT molecular complexity index is 1270. The molecule has 5 rings (SSSR count). The average Bonchev–Trinajstić information content (AvgIpc) is 3.35. The van der Waals surface area contributed by atoms with Crippen molar-refractivity contribution in [3.8, 4) is 0 Å². The molecule has 1 aliphatic heterocycles. The number of nitrogens with zero attached hydrogens (tertiary/aromatic N) is 3. The number of hydrogen-bond donors (Lipinski definition) is 1. The number of benzene rings is 3. The molecule has 1 amide bonds. The molecule has 1 fully saturated rings. The Morgan fingerprint density at radius 3 is 2.44 bits per heavy atom. The number of carbonyl (C=O) groups excluding carboxylic acids is 1. The molecule has 3 aromatic carbocycles. The number of amides is 1. The monoisotopic (exact) mass is 442 g/mol. The van der Waals surface area contributed by atoms with Crippen LogP contribution in [0.25, 0.3) is 10.8 Å². The first-order valence-electron chi connectivity index (χ1n) is 10.8. The summed E-state index contributed by atoms with van der Waals surface area (Å²) < 4.78 is 0. The SMILES string of the molecule is O=C(Nc1ccc(Cc2nc(Cl)cc(N3CCCC3)n2)cc1)c1ccc2ccccc2c1. The van der Waals surface area contributed by atoms with Crippen LogP contribution >= 0.6 is 11.6 Å². The Balaban J connectivity index is 1.27. The van der Waals surface area contributed by atoms with Crippen molar-refractivity contribution in [3.63, 3.8) is 0 Å². The van der Waals surface area contributed by atoms with Gasteiger partial charge in [-0.25, -0.2) is 9.97 Å². The van der Waals surface area contributed by atoms with Crippen LogP contribution in [-0.4, -0.2) is 29.0 Å². The van der Waals surface area contributed by atoms with Gasteiger partial charge in [-0.15, -0.1) is 0 Å². The van der Waals surface area contributed by atoms with Crippen LogP contribution < -0.4 is 10.2 Å². The molecule has 6 heteroatoms. The van der Waals surface area contributed by atoms with Crippen molar-refractivity contribution in [2.24, 2.45) is 0 Å². The van der Waals surface area contributed by atoms with Crippen molar-refractivity contribution in [2.75, 3.05) is 23.3 Å². The number of anilines is 2. The van der Waals surface area contributed by atoms with Gasteiger partial charge in [-0.3, -0.25) is 4.79 Å². The average molecular weight is 443 g/mol. The molecular formula is C26H23ClN4O. The first kappa shape index (κ1) is 20.5. The number of nitrogens with one attached hydrogen (secondary N) is 1. The van der Waals surface area contributed by atoms with E-state index in [4.69, 9.17) is 16.6 Å². The van der Waals surface area contributed by atoms with Crippen LogP contribution in [0.5, 0.6) is 0 Å². The van der Waals surface area contributed by atoms with Crippen LogP contribution in [0.4, 0.5) is 11.5 Å². The number of aromatic nitrogens is 2. The zero-order valence-corrected chi connectivity index (χ0v) is 18.3. The third kappa shape index (κ3) is 4.58. The molecule has 1 saturated heterocycles. The Labute approximate surface area is 192 Å². The van der Waals surface area contributed by atoms with Gasteiger partial charge in [0.05, 0.1) is 0 Å². The minimum absolute atomic E-state index is 0.128. The minimum atomic E-state index is -0.128. The molecule has 5 nitrogen and oxygen atoms in total. The fourth-order valence-corrected chi connectivity index (χ4v) is 4.26. The predicted octanol–water partition coefficient (Wildman–Crippen LogP) is 5.73. The van der Waals surface area contributed by atoms with Crippen molar-refractivity contribution >= 4 is 39.8 Å². The topological polar surface area (TPSA) is 58.1 Å². The lowest BCUT2D eigenvalue weighted by Crippen LogP contribution is -2.19. The molecule has 0 radical (unpaired) electrons. The lowest BCUT2D eigenvalue weighted by Gasteiger charge is -2.17. The summed E-state index contributed by atoms with van der Waals surface area (Å²) >= 11 is 6.25. The van der Waals surface area contributed by atoms with E-state index in [0.717, 1.165) is 40.9 Å². The van der Waals surface area contributed by atoms with Crippen LogP contribution in [-0.2, 0) is 6.42 Å². The smallest absolute Gasteiger partial charge is 0.255 e. The van der Waals surface area contributed by atoms with Gasteiger partial charge in [0.25, 0.3) is 5.91 Å². The van der Waals surface area contributed by atoms with E-state index in [1.165, 1.54) is 12.8 Å². The molecule has 32 heavy (non-hydrogen) atoms. The molecule has 0 aliphatic carbocycles. The standard InChI is InChI=1S/C26H23ClN4O/c27-23-17-25(31-13-3-4-14-31)30-24(29-23)15-18-7-11-22(12-8-18)28-26(32)21-10-9-19-5-1-2-6-20(19)16-21/h1-2,5-12,16-17H,3-4,13-15H2,(H,28,32). The third-order valence-electron chi connectivity index (χ3n) is 5.74. The van der Waals surface area contributed by atoms with E-state index in [0.29, 0.717) is 23.0 Å². The second-order valence-corrected chi connectivity index (χ2v) is 8.44. The fraction of sp³-hybridized carbons (Fsp3) is 0.192. The summed E-state index contributed by atoms with van der Waals surface area (Å²) in [6, 6.07) is 23.3. The van der Waals surface area contributed by atoms with Gasteiger partial charge in [0.15, 0.2) is 0 Å². The van der Waals surface area contributed by atoms with E-state index in [1.807, 2.05) is 72.8 Å². The zero-order chi connectivity index (χ0) is 21.9.